The average molecular weight is 408 g/mol. The van der Waals surface area contributed by atoms with Gasteiger partial charge in [0.25, 0.3) is 5.91 Å². The van der Waals surface area contributed by atoms with Crippen molar-refractivity contribution < 1.29 is 34.8 Å². The Morgan fingerprint density at radius 1 is 1.43 bits per heavy atom. The Morgan fingerprint density at radius 3 is 2.79 bits per heavy atom. The maximum absolute atomic E-state index is 12.7. The molecule has 3 rings (SSSR count). The van der Waals surface area contributed by atoms with Crippen LogP contribution < -0.4 is 5.32 Å². The van der Waals surface area contributed by atoms with E-state index in [2.05, 4.69) is 5.32 Å². The van der Waals surface area contributed by atoms with E-state index in [1.807, 2.05) is 0 Å². The van der Waals surface area contributed by atoms with Gasteiger partial charge in [0.2, 0.25) is 0 Å². The zero-order valence-corrected chi connectivity index (χ0v) is 15.1. The normalized spacial score (nSPS) is 21.8. The third kappa shape index (κ3) is 3.94. The first-order valence-corrected chi connectivity index (χ1v) is 8.57. The number of amides is 1. The number of carbonyl (C=O) groups excluding carboxylic acids is 2. The molecular weight excluding hydrogens is 386 g/mol. The lowest BCUT2D eigenvalue weighted by atomic mass is 9.95. The van der Waals surface area contributed by atoms with E-state index in [0.717, 1.165) is 6.07 Å². The summed E-state index contributed by atoms with van der Waals surface area (Å²) in [7, 11) is 0. The second-order valence-electron chi connectivity index (χ2n) is 6.15. The van der Waals surface area contributed by atoms with Gasteiger partial charge in [-0.3, -0.25) is 4.79 Å². The van der Waals surface area contributed by atoms with E-state index >= 15 is 0 Å². The molecule has 1 heterocycles. The number of fused-ring (bicyclic) bond motifs is 1. The zero-order valence-electron chi connectivity index (χ0n) is 18.4. The zero-order chi connectivity index (χ0) is 23.8. The van der Waals surface area contributed by atoms with Gasteiger partial charge in [-0.05, 0) is 24.0 Å². The van der Waals surface area contributed by atoms with Crippen LogP contribution in [0.5, 0.6) is 5.75 Å². The fourth-order valence-electron chi connectivity index (χ4n) is 2.89. The van der Waals surface area contributed by atoms with Gasteiger partial charge < -0.3 is 20.3 Å². The molecule has 2 atom stereocenters. The Labute approximate surface area is 171 Å². The van der Waals surface area contributed by atoms with Crippen molar-refractivity contribution in [1.82, 2.24) is 5.32 Å². The topological polar surface area (TPSA) is 113 Å². The number of carbonyl (C=O) groups is 3. The molecule has 1 unspecified atom stereocenters. The van der Waals surface area contributed by atoms with Crippen LogP contribution >= 0.6 is 11.6 Å². The number of ether oxygens (including phenoxy) is 1. The molecule has 0 spiro atoms. The van der Waals surface area contributed by atoms with Crippen molar-refractivity contribution in [1.29, 1.82) is 0 Å². The maximum Gasteiger partial charge on any atom is 0.342 e. The second-order valence-corrected chi connectivity index (χ2v) is 6.56. The molecule has 7 nitrogen and oxygen atoms in total. The molecule has 0 bridgehead atoms. The number of phenolic OH excluding ortho intramolecular Hbond substituents is 1. The summed E-state index contributed by atoms with van der Waals surface area (Å²) < 4.78 is 35.1. The highest BCUT2D eigenvalue weighted by Gasteiger charge is 2.33. The van der Waals surface area contributed by atoms with Gasteiger partial charge in [0.05, 0.1) is 6.93 Å². The Balaban J connectivity index is 1.94. The number of cyclic esters (lactones) is 1. The quantitative estimate of drug-likeness (QED) is 0.656. The monoisotopic (exact) mass is 407 g/mol. The van der Waals surface area contributed by atoms with Crippen LogP contribution in [0.25, 0.3) is 0 Å². The predicted molar refractivity (Wildman–Crippen MR) is 101 cm³/mol. The molecule has 1 aliphatic rings. The molecule has 146 valence electrons. The van der Waals surface area contributed by atoms with Crippen LogP contribution in [0.1, 0.15) is 44.2 Å². The van der Waals surface area contributed by atoms with Crippen LogP contribution in [0.15, 0.2) is 36.4 Å². The summed E-state index contributed by atoms with van der Waals surface area (Å²) in [5, 5.41) is 22.1. The third-order valence-electron chi connectivity index (χ3n) is 4.24. The average Bonchev–Trinajstić information content (AvgIpc) is 2.69. The molecule has 3 N–H and O–H groups in total. The van der Waals surface area contributed by atoms with Crippen LogP contribution in [0.3, 0.4) is 0 Å². The standard InChI is InChI=1S/C20H18ClNO6/c1-10-7-12-14(21)9-13(17(23)16(12)20(27)28-10)18(24)22-15(19(25)26)8-11-5-3-2-4-6-11/h2-6,9-10,15,23H,7-8H2,1H3,(H,22,24)(H,25,26)/t10?,15-/m0/s1/i1D3,10D. The molecule has 1 amide bonds. The van der Waals surface area contributed by atoms with Crippen molar-refractivity contribution in [2.75, 3.05) is 0 Å². The lowest BCUT2D eigenvalue weighted by molar-refractivity contribution is -0.139. The number of hydrogen-bond donors (Lipinski definition) is 3. The molecule has 0 radical (unpaired) electrons. The highest BCUT2D eigenvalue weighted by molar-refractivity contribution is 6.32. The third-order valence-corrected chi connectivity index (χ3v) is 4.58. The number of phenols is 1. The van der Waals surface area contributed by atoms with E-state index in [-0.39, 0.29) is 17.0 Å². The molecule has 0 aliphatic carbocycles. The predicted octanol–water partition coefficient (Wildman–Crippen LogP) is 2.57. The fourth-order valence-corrected chi connectivity index (χ4v) is 3.16. The number of carboxylic acid groups (broad SMARTS) is 1. The molecule has 0 saturated carbocycles. The highest BCUT2D eigenvalue weighted by Crippen LogP contribution is 2.36. The summed E-state index contributed by atoms with van der Waals surface area (Å²) >= 11 is 6.15. The van der Waals surface area contributed by atoms with Crippen molar-refractivity contribution in [3.8, 4) is 5.75 Å². The van der Waals surface area contributed by atoms with Gasteiger partial charge in [-0.25, -0.2) is 9.59 Å². The number of aliphatic carboxylic acids is 1. The van der Waals surface area contributed by atoms with Gasteiger partial charge in [-0.2, -0.15) is 0 Å². The minimum absolute atomic E-state index is 0.0384. The molecule has 8 heteroatoms. The first-order chi connectivity index (χ1) is 14.8. The second kappa shape index (κ2) is 7.90. The van der Waals surface area contributed by atoms with E-state index in [1.54, 1.807) is 30.3 Å². The first-order valence-electron chi connectivity index (χ1n) is 10.2. The molecular formula is C20H18ClNO6. The Bertz CT molecular complexity index is 1090. The van der Waals surface area contributed by atoms with Crippen molar-refractivity contribution in [2.45, 2.75) is 31.8 Å². The largest absolute Gasteiger partial charge is 0.506 e. The van der Waals surface area contributed by atoms with Crippen LogP contribution in [-0.4, -0.2) is 40.2 Å². The van der Waals surface area contributed by atoms with Gasteiger partial charge in [0.15, 0.2) is 0 Å². The smallest absolute Gasteiger partial charge is 0.342 e. The Kier molecular flexibility index (Phi) is 4.21. The number of rotatable bonds is 5. The Hall–Kier alpha value is -3.06. The summed E-state index contributed by atoms with van der Waals surface area (Å²) in [5.74, 6) is -4.50. The molecule has 1 aliphatic heterocycles. The molecule has 0 aromatic heterocycles. The lowest BCUT2D eigenvalue weighted by Gasteiger charge is -2.24. The summed E-state index contributed by atoms with van der Waals surface area (Å²) in [6.45, 7) is -2.98. The summed E-state index contributed by atoms with van der Waals surface area (Å²) in [4.78, 5) is 36.8. The van der Waals surface area contributed by atoms with E-state index < -0.39 is 60.1 Å². The minimum atomic E-state index is -2.98. The number of esters is 1. The maximum atomic E-state index is 12.7. The molecule has 2 aromatic rings. The molecule has 2 aromatic carbocycles. The summed E-state index contributed by atoms with van der Waals surface area (Å²) in [6.07, 6.45) is -3.28. The van der Waals surface area contributed by atoms with E-state index in [1.165, 1.54) is 0 Å². The van der Waals surface area contributed by atoms with E-state index in [9.17, 15) is 24.6 Å². The Morgan fingerprint density at radius 2 is 2.14 bits per heavy atom. The van der Waals surface area contributed by atoms with Crippen LogP contribution in [-0.2, 0) is 22.4 Å². The number of nitrogens with one attached hydrogen (secondary N) is 1. The lowest BCUT2D eigenvalue weighted by Crippen LogP contribution is -2.42. The fraction of sp³-hybridized carbons (Fsp3) is 0.250. The van der Waals surface area contributed by atoms with Crippen molar-refractivity contribution in [3.63, 3.8) is 0 Å². The number of halogens is 1. The SMILES string of the molecule is [2H]C([2H])([2H])C1([2H])Cc2c(Cl)cc(C(=O)N[C@@H](Cc3ccccc3)C(=O)O)c(O)c2C(=O)O1. The van der Waals surface area contributed by atoms with Gasteiger partial charge in [-0.15, -0.1) is 0 Å². The van der Waals surface area contributed by atoms with Gasteiger partial charge in [0, 0.05) is 22.0 Å². The van der Waals surface area contributed by atoms with Crippen molar-refractivity contribution in [3.05, 3.63) is 63.7 Å². The van der Waals surface area contributed by atoms with Crippen molar-refractivity contribution in [2.24, 2.45) is 0 Å². The van der Waals surface area contributed by atoms with Crippen LogP contribution in [0, 0.1) is 0 Å². The summed E-state index contributed by atoms with van der Waals surface area (Å²) in [6, 6.07) is 8.19. The number of hydrogen-bond acceptors (Lipinski definition) is 5. The number of aromatic hydroxyl groups is 1. The summed E-state index contributed by atoms with van der Waals surface area (Å²) in [5.41, 5.74) is -0.531. The van der Waals surface area contributed by atoms with E-state index in [4.69, 9.17) is 21.8 Å². The van der Waals surface area contributed by atoms with Crippen LogP contribution in [0.2, 0.25) is 5.02 Å². The van der Waals surface area contributed by atoms with Crippen molar-refractivity contribution >= 4 is 29.4 Å². The minimum Gasteiger partial charge on any atom is -0.506 e. The van der Waals surface area contributed by atoms with Gasteiger partial charge in [-0.1, -0.05) is 41.9 Å². The van der Waals surface area contributed by atoms with Gasteiger partial charge in [0.1, 0.15) is 23.4 Å². The highest BCUT2D eigenvalue weighted by atomic mass is 35.5. The van der Waals surface area contributed by atoms with Crippen LogP contribution in [0.4, 0.5) is 0 Å². The van der Waals surface area contributed by atoms with Gasteiger partial charge >= 0.3 is 11.9 Å². The first kappa shape index (κ1) is 14.9. The molecule has 28 heavy (non-hydrogen) atoms. The number of carboxylic acids is 1. The number of benzene rings is 2. The molecule has 0 saturated heterocycles. The molecule has 0 fully saturated rings. The van der Waals surface area contributed by atoms with E-state index in [0.29, 0.717) is 5.56 Å².